The summed E-state index contributed by atoms with van der Waals surface area (Å²) in [5.74, 6) is 0.727. The standard InChI is InChI=1S/C18H19N5/c1-19-18(22-12-15-7-4-5-10-20-15)23-13-17-16-8-3-2-6-14(16)9-11-21-17/h2-11H,12-13H2,1H3,(H2,19,22,23). The van der Waals surface area contributed by atoms with Crippen LogP contribution >= 0.6 is 0 Å². The molecule has 0 fully saturated rings. The van der Waals surface area contributed by atoms with Gasteiger partial charge in [-0.2, -0.15) is 0 Å². The molecule has 116 valence electrons. The van der Waals surface area contributed by atoms with E-state index in [9.17, 15) is 0 Å². The molecule has 5 nitrogen and oxygen atoms in total. The lowest BCUT2D eigenvalue weighted by molar-refractivity contribution is 0.786. The van der Waals surface area contributed by atoms with Crippen molar-refractivity contribution in [1.29, 1.82) is 0 Å². The van der Waals surface area contributed by atoms with E-state index in [-0.39, 0.29) is 0 Å². The predicted octanol–water partition coefficient (Wildman–Crippen LogP) is 2.50. The number of hydrogen-bond acceptors (Lipinski definition) is 3. The lowest BCUT2D eigenvalue weighted by Crippen LogP contribution is -2.36. The third-order valence-electron chi connectivity index (χ3n) is 3.57. The van der Waals surface area contributed by atoms with Crippen LogP contribution in [0.2, 0.25) is 0 Å². The molecule has 0 aliphatic rings. The van der Waals surface area contributed by atoms with Crippen LogP contribution < -0.4 is 10.6 Å². The minimum atomic E-state index is 0.614. The molecule has 0 spiro atoms. The summed E-state index contributed by atoms with van der Waals surface area (Å²) in [5.41, 5.74) is 1.97. The Morgan fingerprint density at radius 1 is 0.913 bits per heavy atom. The van der Waals surface area contributed by atoms with Gasteiger partial charge in [-0.3, -0.25) is 15.0 Å². The first kappa shape index (κ1) is 15.0. The fraction of sp³-hybridized carbons (Fsp3) is 0.167. The van der Waals surface area contributed by atoms with Gasteiger partial charge in [-0.1, -0.05) is 30.3 Å². The smallest absolute Gasteiger partial charge is 0.191 e. The number of nitrogens with one attached hydrogen (secondary N) is 2. The highest BCUT2D eigenvalue weighted by atomic mass is 15.2. The van der Waals surface area contributed by atoms with Crippen LogP contribution in [0.5, 0.6) is 0 Å². The van der Waals surface area contributed by atoms with E-state index < -0.39 is 0 Å². The average Bonchev–Trinajstić information content (AvgIpc) is 2.63. The number of fused-ring (bicyclic) bond motifs is 1. The van der Waals surface area contributed by atoms with Gasteiger partial charge in [0, 0.05) is 24.8 Å². The summed E-state index contributed by atoms with van der Waals surface area (Å²) >= 11 is 0. The molecule has 3 rings (SSSR count). The first-order chi connectivity index (χ1) is 11.4. The molecule has 0 saturated heterocycles. The number of pyridine rings is 2. The summed E-state index contributed by atoms with van der Waals surface area (Å²) in [6, 6.07) is 16.1. The van der Waals surface area contributed by atoms with Gasteiger partial charge in [0.15, 0.2) is 5.96 Å². The zero-order valence-electron chi connectivity index (χ0n) is 13.0. The second kappa shape index (κ2) is 7.35. The largest absolute Gasteiger partial charge is 0.351 e. The van der Waals surface area contributed by atoms with Gasteiger partial charge in [0.1, 0.15) is 0 Å². The number of hydrogen-bond donors (Lipinski definition) is 2. The van der Waals surface area contributed by atoms with Gasteiger partial charge >= 0.3 is 0 Å². The summed E-state index contributed by atoms with van der Waals surface area (Å²) in [4.78, 5) is 13.0. The van der Waals surface area contributed by atoms with Gasteiger partial charge < -0.3 is 10.6 Å². The van der Waals surface area contributed by atoms with Crippen molar-refractivity contribution in [3.05, 3.63) is 72.3 Å². The monoisotopic (exact) mass is 305 g/mol. The lowest BCUT2D eigenvalue weighted by atomic mass is 10.1. The van der Waals surface area contributed by atoms with Gasteiger partial charge in [-0.25, -0.2) is 0 Å². The molecule has 2 N–H and O–H groups in total. The van der Waals surface area contributed by atoms with Crippen molar-refractivity contribution in [2.45, 2.75) is 13.1 Å². The van der Waals surface area contributed by atoms with Crippen LogP contribution in [0.1, 0.15) is 11.4 Å². The van der Waals surface area contributed by atoms with E-state index >= 15 is 0 Å². The highest BCUT2D eigenvalue weighted by Gasteiger charge is 2.04. The SMILES string of the molecule is CN=C(NCc1ccccn1)NCc1nccc2ccccc12. The van der Waals surface area contributed by atoms with Gasteiger partial charge in [-0.15, -0.1) is 0 Å². The quantitative estimate of drug-likeness (QED) is 0.574. The number of benzene rings is 1. The molecule has 5 heteroatoms. The molecule has 3 aromatic rings. The number of aromatic nitrogens is 2. The van der Waals surface area contributed by atoms with Crippen molar-refractivity contribution >= 4 is 16.7 Å². The number of aliphatic imine (C=N–C) groups is 1. The molecule has 23 heavy (non-hydrogen) atoms. The van der Waals surface area contributed by atoms with Crippen LogP contribution in [0.25, 0.3) is 10.8 Å². The van der Waals surface area contributed by atoms with E-state index in [0.29, 0.717) is 13.1 Å². The Morgan fingerprint density at radius 3 is 2.57 bits per heavy atom. The van der Waals surface area contributed by atoms with Gasteiger partial charge in [0.25, 0.3) is 0 Å². The van der Waals surface area contributed by atoms with E-state index in [1.807, 2.05) is 42.6 Å². The molecular weight excluding hydrogens is 286 g/mol. The number of nitrogens with zero attached hydrogens (tertiary/aromatic N) is 3. The maximum atomic E-state index is 4.47. The van der Waals surface area contributed by atoms with Gasteiger partial charge in [0.2, 0.25) is 0 Å². The third-order valence-corrected chi connectivity index (χ3v) is 3.57. The molecule has 1 aromatic carbocycles. The Labute approximate surface area is 135 Å². The van der Waals surface area contributed by atoms with Crippen molar-refractivity contribution in [3.8, 4) is 0 Å². The fourth-order valence-electron chi connectivity index (χ4n) is 2.39. The second-order valence-corrected chi connectivity index (χ2v) is 5.08. The van der Waals surface area contributed by atoms with Crippen LogP contribution in [0, 0.1) is 0 Å². The summed E-state index contributed by atoms with van der Waals surface area (Å²) < 4.78 is 0. The Hall–Kier alpha value is -2.95. The molecule has 2 heterocycles. The van der Waals surface area contributed by atoms with Crippen LogP contribution in [-0.4, -0.2) is 23.0 Å². The zero-order valence-corrected chi connectivity index (χ0v) is 13.0. The molecule has 0 radical (unpaired) electrons. The number of guanidine groups is 1. The first-order valence-corrected chi connectivity index (χ1v) is 7.54. The van der Waals surface area contributed by atoms with Crippen molar-refractivity contribution in [2.24, 2.45) is 4.99 Å². The van der Waals surface area contributed by atoms with E-state index in [1.54, 1.807) is 13.2 Å². The lowest BCUT2D eigenvalue weighted by Gasteiger charge is -2.12. The Kier molecular flexibility index (Phi) is 4.79. The molecule has 0 amide bonds. The maximum Gasteiger partial charge on any atom is 0.191 e. The summed E-state index contributed by atoms with van der Waals surface area (Å²) in [5, 5.41) is 8.90. The van der Waals surface area contributed by atoms with Crippen LogP contribution in [-0.2, 0) is 13.1 Å². The fourth-order valence-corrected chi connectivity index (χ4v) is 2.39. The Balaban J connectivity index is 1.63. The van der Waals surface area contributed by atoms with Crippen LogP contribution in [0.4, 0.5) is 0 Å². The van der Waals surface area contributed by atoms with Crippen molar-refractivity contribution in [1.82, 2.24) is 20.6 Å². The second-order valence-electron chi connectivity index (χ2n) is 5.08. The predicted molar refractivity (Wildman–Crippen MR) is 93.0 cm³/mol. The Bertz CT molecular complexity index is 793. The normalized spacial score (nSPS) is 11.4. The molecule has 0 unspecified atom stereocenters. The molecule has 0 saturated carbocycles. The molecular formula is C18H19N5. The van der Waals surface area contributed by atoms with E-state index in [0.717, 1.165) is 22.7 Å². The van der Waals surface area contributed by atoms with E-state index in [1.165, 1.54) is 5.39 Å². The van der Waals surface area contributed by atoms with E-state index in [4.69, 9.17) is 0 Å². The van der Waals surface area contributed by atoms with Crippen LogP contribution in [0.15, 0.2) is 65.9 Å². The maximum absolute atomic E-state index is 4.47. The molecule has 0 bridgehead atoms. The highest BCUT2D eigenvalue weighted by Crippen LogP contribution is 2.15. The molecule has 0 aliphatic carbocycles. The highest BCUT2D eigenvalue weighted by molar-refractivity contribution is 5.85. The zero-order chi connectivity index (χ0) is 15.9. The minimum absolute atomic E-state index is 0.614. The molecule has 2 aromatic heterocycles. The minimum Gasteiger partial charge on any atom is -0.351 e. The third kappa shape index (κ3) is 3.83. The average molecular weight is 305 g/mol. The van der Waals surface area contributed by atoms with Crippen molar-refractivity contribution < 1.29 is 0 Å². The van der Waals surface area contributed by atoms with Gasteiger partial charge in [-0.05, 0) is 23.6 Å². The van der Waals surface area contributed by atoms with Gasteiger partial charge in [0.05, 0.1) is 24.5 Å². The van der Waals surface area contributed by atoms with E-state index in [2.05, 4.69) is 37.7 Å². The summed E-state index contributed by atoms with van der Waals surface area (Å²) in [6.45, 7) is 1.24. The summed E-state index contributed by atoms with van der Waals surface area (Å²) in [6.07, 6.45) is 3.62. The van der Waals surface area contributed by atoms with Crippen LogP contribution in [0.3, 0.4) is 0 Å². The van der Waals surface area contributed by atoms with Crippen molar-refractivity contribution in [2.75, 3.05) is 7.05 Å². The first-order valence-electron chi connectivity index (χ1n) is 7.54. The molecule has 0 atom stereocenters. The topological polar surface area (TPSA) is 62.2 Å². The van der Waals surface area contributed by atoms with Crippen molar-refractivity contribution in [3.63, 3.8) is 0 Å². The molecule has 0 aliphatic heterocycles. The summed E-state index contributed by atoms with van der Waals surface area (Å²) in [7, 11) is 1.75. The number of rotatable bonds is 4. The Morgan fingerprint density at radius 2 is 1.74 bits per heavy atom.